The fourth-order valence-electron chi connectivity index (χ4n) is 2.60. The van der Waals surface area contributed by atoms with Crippen LogP contribution in [0.15, 0.2) is 64.3 Å². The number of carbonyl (C=O) groups is 1. The molecule has 0 radical (unpaired) electrons. The molecule has 2 aromatic heterocycles. The number of hydrogen-bond donors (Lipinski definition) is 1. The molecule has 0 aliphatic heterocycles. The Balaban J connectivity index is 1.48. The van der Waals surface area contributed by atoms with Crippen molar-refractivity contribution in [3.05, 3.63) is 65.0 Å². The van der Waals surface area contributed by atoms with Crippen LogP contribution in [0.25, 0.3) is 22.1 Å². The molecule has 0 spiro atoms. The van der Waals surface area contributed by atoms with Crippen LogP contribution in [0.4, 0.5) is 11.4 Å². The van der Waals surface area contributed by atoms with Crippen molar-refractivity contribution in [3.63, 3.8) is 0 Å². The summed E-state index contributed by atoms with van der Waals surface area (Å²) in [6.07, 6.45) is 1.45. The molecule has 0 aliphatic rings. The number of anilines is 1. The minimum atomic E-state index is -0.491. The van der Waals surface area contributed by atoms with Gasteiger partial charge in [0, 0.05) is 23.2 Å². The van der Waals surface area contributed by atoms with Gasteiger partial charge in [-0.3, -0.25) is 14.9 Å². The van der Waals surface area contributed by atoms with Crippen molar-refractivity contribution in [2.75, 3.05) is 11.1 Å². The summed E-state index contributed by atoms with van der Waals surface area (Å²) in [7, 11) is 0. The Morgan fingerprint density at radius 1 is 1.15 bits per heavy atom. The van der Waals surface area contributed by atoms with E-state index in [1.54, 1.807) is 0 Å². The summed E-state index contributed by atoms with van der Waals surface area (Å²) in [5.74, 6) is -0.142. The third-order valence-electron chi connectivity index (χ3n) is 3.83. The summed E-state index contributed by atoms with van der Waals surface area (Å²) in [6, 6.07) is 13.2. The van der Waals surface area contributed by atoms with Crippen molar-refractivity contribution in [2.24, 2.45) is 0 Å². The molecule has 2 aromatic carbocycles. The van der Waals surface area contributed by atoms with Crippen molar-refractivity contribution < 1.29 is 14.1 Å². The lowest BCUT2D eigenvalue weighted by Crippen LogP contribution is -2.14. The number of carbonyl (C=O) groups excluding carboxylic acids is 1. The highest BCUT2D eigenvalue weighted by Gasteiger charge is 2.14. The fraction of sp³-hybridized carbons (Fsp3) is 0.0556. The van der Waals surface area contributed by atoms with E-state index in [2.05, 4.69) is 15.3 Å². The zero-order valence-corrected chi connectivity index (χ0v) is 14.6. The van der Waals surface area contributed by atoms with Gasteiger partial charge in [0.25, 0.3) is 5.69 Å². The third kappa shape index (κ3) is 3.44. The van der Waals surface area contributed by atoms with E-state index in [0.29, 0.717) is 27.4 Å². The molecular formula is C18H12N4O4S. The molecule has 0 aliphatic carbocycles. The molecular weight excluding hydrogens is 368 g/mol. The number of nitrogens with zero attached hydrogens (tertiary/aromatic N) is 3. The Kier molecular flexibility index (Phi) is 4.43. The normalized spacial score (nSPS) is 11.0. The van der Waals surface area contributed by atoms with Crippen LogP contribution in [-0.4, -0.2) is 26.6 Å². The number of benzene rings is 2. The zero-order valence-electron chi connectivity index (χ0n) is 13.8. The van der Waals surface area contributed by atoms with Gasteiger partial charge in [0.2, 0.25) is 5.91 Å². The van der Waals surface area contributed by atoms with Gasteiger partial charge >= 0.3 is 0 Å². The molecule has 1 amide bonds. The first-order valence-electron chi connectivity index (χ1n) is 7.91. The summed E-state index contributed by atoms with van der Waals surface area (Å²) >= 11 is 1.24. The molecule has 4 aromatic rings. The van der Waals surface area contributed by atoms with E-state index in [9.17, 15) is 14.9 Å². The lowest BCUT2D eigenvalue weighted by Gasteiger charge is -2.04. The molecule has 0 fully saturated rings. The third-order valence-corrected chi connectivity index (χ3v) is 4.80. The summed E-state index contributed by atoms with van der Waals surface area (Å²) in [5, 5.41) is 14.8. The van der Waals surface area contributed by atoms with Crippen LogP contribution in [0.3, 0.4) is 0 Å². The number of rotatable bonds is 5. The Morgan fingerprint density at radius 2 is 1.93 bits per heavy atom. The first kappa shape index (κ1) is 17.0. The molecule has 134 valence electrons. The summed E-state index contributed by atoms with van der Waals surface area (Å²) in [5.41, 5.74) is 2.43. The predicted molar refractivity (Wildman–Crippen MR) is 102 cm³/mol. The van der Waals surface area contributed by atoms with Gasteiger partial charge in [-0.15, -0.1) is 0 Å². The molecule has 4 rings (SSSR count). The van der Waals surface area contributed by atoms with Crippen molar-refractivity contribution in [1.29, 1.82) is 0 Å². The van der Waals surface area contributed by atoms with Crippen LogP contribution < -0.4 is 5.32 Å². The molecule has 8 nitrogen and oxygen atoms in total. The summed E-state index contributed by atoms with van der Waals surface area (Å²) in [6.45, 7) is 0. The highest BCUT2D eigenvalue weighted by Crippen LogP contribution is 2.32. The van der Waals surface area contributed by atoms with Gasteiger partial charge in [0.15, 0.2) is 5.58 Å². The lowest BCUT2D eigenvalue weighted by atomic mass is 10.2. The highest BCUT2D eigenvalue weighted by molar-refractivity contribution is 8.00. The van der Waals surface area contributed by atoms with E-state index in [0.717, 1.165) is 5.39 Å². The van der Waals surface area contributed by atoms with Crippen molar-refractivity contribution >= 4 is 51.1 Å². The minimum absolute atomic E-state index is 0.0318. The number of nitro groups is 1. The number of hydrogen-bond acceptors (Lipinski definition) is 7. The average molecular weight is 380 g/mol. The van der Waals surface area contributed by atoms with E-state index in [4.69, 9.17) is 4.42 Å². The van der Waals surface area contributed by atoms with E-state index < -0.39 is 4.92 Å². The van der Waals surface area contributed by atoms with Crippen LogP contribution in [-0.2, 0) is 4.79 Å². The average Bonchev–Trinajstić information content (AvgIpc) is 3.06. The number of para-hydroxylation sites is 1. The molecule has 27 heavy (non-hydrogen) atoms. The van der Waals surface area contributed by atoms with E-state index in [-0.39, 0.29) is 17.3 Å². The fourth-order valence-corrected chi connectivity index (χ4v) is 3.33. The first-order chi connectivity index (χ1) is 13.1. The smallest absolute Gasteiger partial charge is 0.269 e. The molecule has 0 atom stereocenters. The maximum Gasteiger partial charge on any atom is 0.269 e. The van der Waals surface area contributed by atoms with Crippen LogP contribution in [0.5, 0.6) is 0 Å². The molecule has 0 saturated carbocycles. The Hall–Kier alpha value is -3.46. The second-order valence-electron chi connectivity index (χ2n) is 5.60. The molecule has 0 unspecified atom stereocenters. The Morgan fingerprint density at radius 3 is 2.70 bits per heavy atom. The van der Waals surface area contributed by atoms with Gasteiger partial charge in [0.1, 0.15) is 22.5 Å². The maximum absolute atomic E-state index is 12.2. The number of fused-ring (bicyclic) bond motifs is 3. The number of aromatic nitrogens is 2. The molecule has 2 heterocycles. The monoisotopic (exact) mass is 380 g/mol. The highest BCUT2D eigenvalue weighted by atomic mass is 32.2. The van der Waals surface area contributed by atoms with Gasteiger partial charge in [-0.05, 0) is 24.3 Å². The molecule has 9 heteroatoms. The van der Waals surface area contributed by atoms with E-state index >= 15 is 0 Å². The molecule has 1 N–H and O–H groups in total. The van der Waals surface area contributed by atoms with Crippen LogP contribution in [0.1, 0.15) is 0 Å². The number of amides is 1. The second-order valence-corrected chi connectivity index (χ2v) is 6.56. The van der Waals surface area contributed by atoms with Gasteiger partial charge in [-0.1, -0.05) is 23.9 Å². The van der Waals surface area contributed by atoms with Gasteiger partial charge < -0.3 is 9.73 Å². The number of nitro benzene ring substituents is 1. The molecule has 0 bridgehead atoms. The van der Waals surface area contributed by atoms with Gasteiger partial charge in [-0.25, -0.2) is 9.97 Å². The topological polar surface area (TPSA) is 111 Å². The lowest BCUT2D eigenvalue weighted by molar-refractivity contribution is -0.384. The number of thioether (sulfide) groups is 1. The van der Waals surface area contributed by atoms with Crippen LogP contribution in [0, 0.1) is 10.1 Å². The second kappa shape index (κ2) is 7.04. The molecule has 0 saturated heterocycles. The zero-order chi connectivity index (χ0) is 18.8. The van der Waals surface area contributed by atoms with E-state index in [1.165, 1.54) is 42.4 Å². The largest absolute Gasteiger partial charge is 0.451 e. The van der Waals surface area contributed by atoms with Gasteiger partial charge in [0.05, 0.1) is 10.7 Å². The SMILES string of the molecule is O=C(CSc1ncnc2c1oc1ccccc12)Nc1ccc([N+](=O)[O-])cc1. The van der Waals surface area contributed by atoms with Crippen molar-refractivity contribution in [1.82, 2.24) is 9.97 Å². The number of nitrogens with one attached hydrogen (secondary N) is 1. The van der Waals surface area contributed by atoms with Crippen molar-refractivity contribution in [3.8, 4) is 0 Å². The quantitative estimate of drug-likeness (QED) is 0.241. The minimum Gasteiger partial charge on any atom is -0.451 e. The van der Waals surface area contributed by atoms with Gasteiger partial charge in [-0.2, -0.15) is 0 Å². The number of furan rings is 1. The maximum atomic E-state index is 12.2. The van der Waals surface area contributed by atoms with E-state index in [1.807, 2.05) is 24.3 Å². The van der Waals surface area contributed by atoms with Crippen molar-refractivity contribution in [2.45, 2.75) is 5.03 Å². The number of non-ortho nitro benzene ring substituents is 1. The Labute approximate surface area is 156 Å². The standard InChI is InChI=1S/C18H12N4O4S/c23-15(21-11-5-7-12(8-6-11)22(24)25)9-27-18-17-16(19-10-20-18)13-3-1-2-4-14(13)26-17/h1-8,10H,9H2,(H,21,23). The summed E-state index contributed by atoms with van der Waals surface area (Å²) in [4.78, 5) is 30.8. The first-order valence-corrected chi connectivity index (χ1v) is 8.90. The summed E-state index contributed by atoms with van der Waals surface area (Å²) < 4.78 is 5.83. The van der Waals surface area contributed by atoms with Crippen LogP contribution in [0.2, 0.25) is 0 Å². The van der Waals surface area contributed by atoms with Crippen LogP contribution >= 0.6 is 11.8 Å². The predicted octanol–water partition coefficient (Wildman–Crippen LogP) is 4.02. The Bertz CT molecular complexity index is 1160.